The van der Waals surface area contributed by atoms with Gasteiger partial charge >= 0.3 is 0 Å². The summed E-state index contributed by atoms with van der Waals surface area (Å²) in [5, 5.41) is 13.2. The topological polar surface area (TPSA) is 67.2 Å². The van der Waals surface area contributed by atoms with Crippen molar-refractivity contribution in [1.29, 1.82) is 0 Å². The summed E-state index contributed by atoms with van der Waals surface area (Å²) in [5.41, 5.74) is 0.00280. The smallest absolute Gasteiger partial charge is 0.230 e. The normalized spacial score (nSPS) is 17.0. The standard InChI is InChI=1S/C21H30FN3O2/c1-12(20(2,3)4)18(26)24-19-23-17-15(22)10-13(21(5,6)27)11-16(17)25(19)14-8-7-9-14/h10-12,14,27H,7-9H2,1-6H3,(H,23,24,26)/t12-/m1/s1. The van der Waals surface area contributed by atoms with Gasteiger partial charge in [0.05, 0.1) is 11.1 Å². The first-order valence-electron chi connectivity index (χ1n) is 9.65. The number of anilines is 1. The lowest BCUT2D eigenvalue weighted by molar-refractivity contribution is -0.122. The Labute approximate surface area is 160 Å². The highest BCUT2D eigenvalue weighted by Gasteiger charge is 2.31. The third kappa shape index (κ3) is 3.72. The van der Waals surface area contributed by atoms with Crippen LogP contribution in [-0.2, 0) is 10.4 Å². The molecule has 1 aromatic carbocycles. The van der Waals surface area contributed by atoms with Crippen LogP contribution < -0.4 is 5.32 Å². The minimum Gasteiger partial charge on any atom is -0.386 e. The molecule has 0 radical (unpaired) electrons. The van der Waals surface area contributed by atoms with Gasteiger partial charge in [0.1, 0.15) is 5.52 Å². The number of hydrogen-bond acceptors (Lipinski definition) is 3. The number of fused-ring (bicyclic) bond motifs is 1. The minimum atomic E-state index is -1.16. The number of hydrogen-bond donors (Lipinski definition) is 2. The number of carbonyl (C=O) groups excluding carboxylic acids is 1. The molecule has 1 aliphatic rings. The van der Waals surface area contributed by atoms with Crippen molar-refractivity contribution in [3.8, 4) is 0 Å². The van der Waals surface area contributed by atoms with E-state index >= 15 is 0 Å². The quantitative estimate of drug-likeness (QED) is 0.810. The molecule has 0 unspecified atom stereocenters. The van der Waals surface area contributed by atoms with Gasteiger partial charge in [-0.15, -0.1) is 0 Å². The maximum atomic E-state index is 14.7. The van der Waals surface area contributed by atoms with Crippen LogP contribution in [0.2, 0.25) is 0 Å². The number of rotatable bonds is 4. The molecular formula is C21H30FN3O2. The molecule has 2 N–H and O–H groups in total. The lowest BCUT2D eigenvalue weighted by Crippen LogP contribution is -2.32. The van der Waals surface area contributed by atoms with E-state index in [1.54, 1.807) is 19.9 Å². The average Bonchev–Trinajstić information content (AvgIpc) is 2.82. The SMILES string of the molecule is C[C@H](C(=O)Nc1nc2c(F)cc(C(C)(C)O)cc2n1C1CCC1)C(C)(C)C. The highest BCUT2D eigenvalue weighted by Crippen LogP contribution is 2.39. The van der Waals surface area contributed by atoms with Crippen molar-refractivity contribution in [2.75, 3.05) is 5.32 Å². The molecule has 148 valence electrons. The number of nitrogens with one attached hydrogen (secondary N) is 1. The Kier molecular flexibility index (Phi) is 4.83. The van der Waals surface area contributed by atoms with Crippen molar-refractivity contribution >= 4 is 22.9 Å². The van der Waals surface area contributed by atoms with Crippen LogP contribution in [0.25, 0.3) is 11.0 Å². The number of benzene rings is 1. The van der Waals surface area contributed by atoms with Crippen molar-refractivity contribution in [1.82, 2.24) is 9.55 Å². The van der Waals surface area contributed by atoms with Gasteiger partial charge < -0.3 is 9.67 Å². The molecule has 1 aromatic heterocycles. The predicted molar refractivity (Wildman–Crippen MR) is 105 cm³/mol. The van der Waals surface area contributed by atoms with E-state index in [-0.39, 0.29) is 28.8 Å². The number of carbonyl (C=O) groups is 1. The Morgan fingerprint density at radius 1 is 1.30 bits per heavy atom. The van der Waals surface area contributed by atoms with E-state index in [1.807, 2.05) is 32.3 Å². The maximum Gasteiger partial charge on any atom is 0.230 e. The number of nitrogens with zero attached hydrogens (tertiary/aromatic N) is 2. The average molecular weight is 375 g/mol. The fourth-order valence-electron chi connectivity index (χ4n) is 3.22. The summed E-state index contributed by atoms with van der Waals surface area (Å²) < 4.78 is 16.7. The van der Waals surface area contributed by atoms with E-state index in [0.29, 0.717) is 17.0 Å². The summed E-state index contributed by atoms with van der Waals surface area (Å²) in [7, 11) is 0. The summed E-state index contributed by atoms with van der Waals surface area (Å²) in [4.78, 5) is 17.1. The van der Waals surface area contributed by atoms with Crippen molar-refractivity contribution in [2.45, 2.75) is 72.4 Å². The summed E-state index contributed by atoms with van der Waals surface area (Å²) >= 11 is 0. The molecule has 2 aromatic rings. The van der Waals surface area contributed by atoms with Gasteiger partial charge in [0, 0.05) is 12.0 Å². The largest absolute Gasteiger partial charge is 0.386 e. The van der Waals surface area contributed by atoms with Crippen molar-refractivity contribution in [2.24, 2.45) is 11.3 Å². The number of imidazole rings is 1. The van der Waals surface area contributed by atoms with E-state index < -0.39 is 11.4 Å². The highest BCUT2D eigenvalue weighted by molar-refractivity contribution is 5.93. The van der Waals surface area contributed by atoms with Gasteiger partial charge in [-0.25, -0.2) is 9.37 Å². The lowest BCUT2D eigenvalue weighted by Gasteiger charge is -2.30. The molecule has 1 heterocycles. The van der Waals surface area contributed by atoms with Crippen LogP contribution in [0.5, 0.6) is 0 Å². The molecule has 6 heteroatoms. The Balaban J connectivity index is 2.10. The molecule has 1 fully saturated rings. The Morgan fingerprint density at radius 3 is 2.41 bits per heavy atom. The zero-order chi connectivity index (χ0) is 20.1. The zero-order valence-corrected chi connectivity index (χ0v) is 17.1. The second-order valence-corrected chi connectivity index (χ2v) is 9.35. The molecule has 0 spiro atoms. The van der Waals surface area contributed by atoms with E-state index in [9.17, 15) is 14.3 Å². The molecule has 0 saturated heterocycles. The van der Waals surface area contributed by atoms with Gasteiger partial charge in [-0.05, 0) is 56.2 Å². The fourth-order valence-corrected chi connectivity index (χ4v) is 3.22. The first kappa shape index (κ1) is 19.8. The number of amides is 1. The fraction of sp³-hybridized carbons (Fsp3) is 0.619. The van der Waals surface area contributed by atoms with Crippen molar-refractivity contribution in [3.63, 3.8) is 0 Å². The van der Waals surface area contributed by atoms with Crippen LogP contribution in [0, 0.1) is 17.2 Å². The Morgan fingerprint density at radius 2 is 1.93 bits per heavy atom. The summed E-state index contributed by atoms with van der Waals surface area (Å²) in [6.45, 7) is 11.2. The second-order valence-electron chi connectivity index (χ2n) is 9.35. The second kappa shape index (κ2) is 6.59. The maximum absolute atomic E-state index is 14.7. The molecule has 0 aliphatic heterocycles. The monoisotopic (exact) mass is 375 g/mol. The number of aliphatic hydroxyl groups is 1. The third-order valence-corrected chi connectivity index (χ3v) is 5.82. The molecule has 0 bridgehead atoms. The molecule has 1 aliphatic carbocycles. The highest BCUT2D eigenvalue weighted by atomic mass is 19.1. The van der Waals surface area contributed by atoms with Gasteiger partial charge in [0.25, 0.3) is 0 Å². The Bertz CT molecular complexity index is 870. The predicted octanol–water partition coefficient (Wildman–Crippen LogP) is 4.75. The van der Waals surface area contributed by atoms with Crippen LogP contribution >= 0.6 is 0 Å². The molecule has 1 amide bonds. The first-order valence-corrected chi connectivity index (χ1v) is 9.65. The number of aromatic nitrogens is 2. The van der Waals surface area contributed by atoms with E-state index in [0.717, 1.165) is 19.3 Å². The van der Waals surface area contributed by atoms with E-state index in [4.69, 9.17) is 0 Å². The van der Waals surface area contributed by atoms with Gasteiger partial charge in [0.2, 0.25) is 11.9 Å². The lowest BCUT2D eigenvalue weighted by atomic mass is 9.81. The first-order chi connectivity index (χ1) is 12.4. The van der Waals surface area contributed by atoms with E-state index in [1.165, 1.54) is 6.07 Å². The van der Waals surface area contributed by atoms with Crippen LogP contribution in [-0.4, -0.2) is 20.6 Å². The van der Waals surface area contributed by atoms with Crippen LogP contribution in [0.1, 0.15) is 72.4 Å². The summed E-state index contributed by atoms with van der Waals surface area (Å²) in [6, 6.07) is 3.29. The molecule has 3 rings (SSSR count). The zero-order valence-electron chi connectivity index (χ0n) is 17.1. The molecule has 27 heavy (non-hydrogen) atoms. The van der Waals surface area contributed by atoms with Crippen molar-refractivity contribution in [3.05, 3.63) is 23.5 Å². The van der Waals surface area contributed by atoms with Gasteiger partial charge in [-0.2, -0.15) is 0 Å². The summed E-state index contributed by atoms with van der Waals surface area (Å²) in [5.74, 6) is -0.435. The van der Waals surface area contributed by atoms with Gasteiger partial charge in [0.15, 0.2) is 5.82 Å². The molecule has 5 nitrogen and oxygen atoms in total. The summed E-state index contributed by atoms with van der Waals surface area (Å²) in [6.07, 6.45) is 3.04. The van der Waals surface area contributed by atoms with Crippen LogP contribution in [0.3, 0.4) is 0 Å². The molecule has 1 atom stereocenters. The number of halogens is 1. The van der Waals surface area contributed by atoms with Gasteiger partial charge in [-0.3, -0.25) is 10.1 Å². The molecular weight excluding hydrogens is 345 g/mol. The van der Waals surface area contributed by atoms with Gasteiger partial charge in [-0.1, -0.05) is 27.7 Å². The van der Waals surface area contributed by atoms with Crippen LogP contribution in [0.4, 0.5) is 10.3 Å². The Hall–Kier alpha value is -1.95. The third-order valence-electron chi connectivity index (χ3n) is 5.82. The van der Waals surface area contributed by atoms with Crippen molar-refractivity contribution < 1.29 is 14.3 Å². The van der Waals surface area contributed by atoms with Crippen LogP contribution in [0.15, 0.2) is 12.1 Å². The minimum absolute atomic E-state index is 0.124. The molecule has 1 saturated carbocycles. The van der Waals surface area contributed by atoms with E-state index in [2.05, 4.69) is 10.3 Å².